The van der Waals surface area contributed by atoms with E-state index in [-0.39, 0.29) is 5.75 Å². The van der Waals surface area contributed by atoms with Crippen molar-refractivity contribution in [3.05, 3.63) is 54.1 Å². The molecule has 0 bridgehead atoms. The first kappa shape index (κ1) is 22.0. The van der Waals surface area contributed by atoms with Crippen LogP contribution >= 0.6 is 0 Å². The number of phenols is 1. The zero-order valence-corrected chi connectivity index (χ0v) is 17.3. The van der Waals surface area contributed by atoms with Gasteiger partial charge in [0.1, 0.15) is 11.5 Å². The highest BCUT2D eigenvalue weighted by Crippen LogP contribution is 2.23. The Morgan fingerprint density at radius 1 is 0.821 bits per heavy atom. The Hall–Kier alpha value is -2.29. The minimum Gasteiger partial charge on any atom is -0.507 e. The van der Waals surface area contributed by atoms with Crippen LogP contribution in [0.25, 0.3) is 0 Å². The molecule has 0 aliphatic heterocycles. The molecule has 2 rings (SSSR count). The lowest BCUT2D eigenvalue weighted by molar-refractivity contribution is 0.303. The van der Waals surface area contributed by atoms with E-state index in [1.165, 1.54) is 57.8 Å². The molecule has 0 fully saturated rings. The van der Waals surface area contributed by atoms with Gasteiger partial charge in [0.2, 0.25) is 0 Å². The molecule has 2 aromatic rings. The molecule has 0 spiro atoms. The summed E-state index contributed by atoms with van der Waals surface area (Å²) in [6.07, 6.45) is 14.9. The standard InChI is InChI=1S/C25H35NO2/c1-2-3-4-5-6-7-8-9-10-14-19-28-24-17-18-25(27)22(20-24)21-26-23-15-12-11-13-16-23/h11-13,15-18,20-21,27H,2-10,14,19H2,1H3. The minimum absolute atomic E-state index is 0.214. The highest BCUT2D eigenvalue weighted by molar-refractivity contribution is 5.85. The molecule has 0 aliphatic rings. The van der Waals surface area contributed by atoms with Gasteiger partial charge in [0.15, 0.2) is 0 Å². The predicted molar refractivity (Wildman–Crippen MR) is 119 cm³/mol. The van der Waals surface area contributed by atoms with Gasteiger partial charge >= 0.3 is 0 Å². The number of benzene rings is 2. The van der Waals surface area contributed by atoms with Gasteiger partial charge in [-0.3, -0.25) is 4.99 Å². The number of rotatable bonds is 14. The maximum atomic E-state index is 10.0. The molecule has 0 unspecified atom stereocenters. The van der Waals surface area contributed by atoms with E-state index in [9.17, 15) is 5.11 Å². The molecular formula is C25H35NO2. The fourth-order valence-corrected chi connectivity index (χ4v) is 3.16. The number of nitrogens with zero attached hydrogens (tertiary/aromatic N) is 1. The number of aliphatic imine (C=N–C) groups is 1. The van der Waals surface area contributed by atoms with Crippen molar-refractivity contribution in [1.29, 1.82) is 0 Å². The predicted octanol–water partition coefficient (Wildman–Crippen LogP) is 7.44. The molecule has 0 aromatic heterocycles. The largest absolute Gasteiger partial charge is 0.507 e. The zero-order valence-electron chi connectivity index (χ0n) is 17.3. The normalized spacial score (nSPS) is 11.2. The maximum absolute atomic E-state index is 10.0. The van der Waals surface area contributed by atoms with E-state index in [1.54, 1.807) is 12.3 Å². The summed E-state index contributed by atoms with van der Waals surface area (Å²) in [7, 11) is 0. The monoisotopic (exact) mass is 381 g/mol. The minimum atomic E-state index is 0.214. The highest BCUT2D eigenvalue weighted by atomic mass is 16.5. The Labute approximate surface area is 170 Å². The summed E-state index contributed by atoms with van der Waals surface area (Å²) in [4.78, 5) is 4.40. The summed E-state index contributed by atoms with van der Waals surface area (Å²) in [6, 6.07) is 15.0. The lowest BCUT2D eigenvalue weighted by atomic mass is 10.1. The average molecular weight is 382 g/mol. The van der Waals surface area contributed by atoms with Crippen molar-refractivity contribution in [1.82, 2.24) is 0 Å². The van der Waals surface area contributed by atoms with Crippen molar-refractivity contribution in [2.75, 3.05) is 6.61 Å². The highest BCUT2D eigenvalue weighted by Gasteiger charge is 2.02. The third kappa shape index (κ3) is 9.07. The number of para-hydroxylation sites is 1. The van der Waals surface area contributed by atoms with Gasteiger partial charge < -0.3 is 9.84 Å². The molecule has 1 N–H and O–H groups in total. The van der Waals surface area contributed by atoms with Gasteiger partial charge in [0.05, 0.1) is 12.3 Å². The van der Waals surface area contributed by atoms with Crippen LogP contribution in [-0.2, 0) is 0 Å². The topological polar surface area (TPSA) is 41.8 Å². The van der Waals surface area contributed by atoms with Crippen molar-refractivity contribution in [2.24, 2.45) is 4.99 Å². The summed E-state index contributed by atoms with van der Waals surface area (Å²) in [6.45, 7) is 2.98. The van der Waals surface area contributed by atoms with Gasteiger partial charge in [0, 0.05) is 11.8 Å². The third-order valence-electron chi connectivity index (χ3n) is 4.87. The summed E-state index contributed by atoms with van der Waals surface area (Å²) in [5.74, 6) is 0.995. The van der Waals surface area contributed by atoms with E-state index >= 15 is 0 Å². The van der Waals surface area contributed by atoms with Crippen LogP contribution in [0.4, 0.5) is 5.69 Å². The lowest BCUT2D eigenvalue weighted by Crippen LogP contribution is -1.98. The van der Waals surface area contributed by atoms with Gasteiger partial charge in [-0.25, -0.2) is 0 Å². The number of aromatic hydroxyl groups is 1. The van der Waals surface area contributed by atoms with Gasteiger partial charge in [-0.2, -0.15) is 0 Å². The first-order valence-electron chi connectivity index (χ1n) is 10.8. The molecule has 0 saturated carbocycles. The smallest absolute Gasteiger partial charge is 0.124 e. The first-order chi connectivity index (χ1) is 13.8. The molecule has 3 nitrogen and oxygen atoms in total. The molecule has 0 radical (unpaired) electrons. The van der Waals surface area contributed by atoms with E-state index in [2.05, 4.69) is 11.9 Å². The van der Waals surface area contributed by atoms with Gasteiger partial charge in [-0.1, -0.05) is 82.9 Å². The molecule has 152 valence electrons. The van der Waals surface area contributed by atoms with Crippen molar-refractivity contribution in [3.63, 3.8) is 0 Å². The molecule has 2 aromatic carbocycles. The second-order valence-electron chi connectivity index (χ2n) is 7.34. The van der Waals surface area contributed by atoms with E-state index in [0.29, 0.717) is 5.56 Å². The van der Waals surface area contributed by atoms with Gasteiger partial charge in [-0.05, 0) is 36.8 Å². The van der Waals surface area contributed by atoms with Crippen LogP contribution in [0.3, 0.4) is 0 Å². The molecule has 28 heavy (non-hydrogen) atoms. The second-order valence-corrected chi connectivity index (χ2v) is 7.34. The van der Waals surface area contributed by atoms with Crippen LogP contribution in [-0.4, -0.2) is 17.9 Å². The van der Waals surface area contributed by atoms with Crippen molar-refractivity contribution >= 4 is 11.9 Å². The van der Waals surface area contributed by atoms with E-state index in [1.807, 2.05) is 42.5 Å². The number of hydrogen-bond acceptors (Lipinski definition) is 3. The Morgan fingerprint density at radius 2 is 1.46 bits per heavy atom. The SMILES string of the molecule is CCCCCCCCCCCCOc1ccc(O)c(C=Nc2ccccc2)c1. The van der Waals surface area contributed by atoms with Crippen LogP contribution < -0.4 is 4.74 Å². The van der Waals surface area contributed by atoms with Crippen molar-refractivity contribution in [3.8, 4) is 11.5 Å². The maximum Gasteiger partial charge on any atom is 0.124 e. The van der Waals surface area contributed by atoms with Crippen LogP contribution in [0, 0.1) is 0 Å². The lowest BCUT2D eigenvalue weighted by Gasteiger charge is -2.08. The van der Waals surface area contributed by atoms with Gasteiger partial charge in [0.25, 0.3) is 0 Å². The molecule has 3 heteroatoms. The summed E-state index contributed by atoms with van der Waals surface area (Å²) in [5.41, 5.74) is 1.53. The summed E-state index contributed by atoms with van der Waals surface area (Å²) < 4.78 is 5.85. The molecule has 0 atom stereocenters. The average Bonchev–Trinajstić information content (AvgIpc) is 2.73. The third-order valence-corrected chi connectivity index (χ3v) is 4.87. The molecule has 0 saturated heterocycles. The number of ether oxygens (including phenoxy) is 1. The van der Waals surface area contributed by atoms with Crippen molar-refractivity contribution < 1.29 is 9.84 Å². The van der Waals surface area contributed by atoms with Crippen LogP contribution in [0.1, 0.15) is 76.7 Å². The Balaban J connectivity index is 1.63. The first-order valence-corrected chi connectivity index (χ1v) is 10.8. The van der Waals surface area contributed by atoms with Crippen LogP contribution in [0.5, 0.6) is 11.5 Å². The van der Waals surface area contributed by atoms with Crippen molar-refractivity contribution in [2.45, 2.75) is 71.1 Å². The van der Waals surface area contributed by atoms with E-state index in [4.69, 9.17) is 4.74 Å². The Morgan fingerprint density at radius 3 is 2.14 bits per heavy atom. The number of phenolic OH excluding ortho intramolecular Hbond substituents is 1. The molecule has 0 aliphatic carbocycles. The van der Waals surface area contributed by atoms with E-state index < -0.39 is 0 Å². The molecular weight excluding hydrogens is 346 g/mol. The zero-order chi connectivity index (χ0) is 19.9. The molecule has 0 amide bonds. The van der Waals surface area contributed by atoms with Gasteiger partial charge in [-0.15, -0.1) is 0 Å². The molecule has 0 heterocycles. The fraction of sp³-hybridized carbons (Fsp3) is 0.480. The van der Waals surface area contributed by atoms with Crippen LogP contribution in [0.15, 0.2) is 53.5 Å². The summed E-state index contributed by atoms with van der Waals surface area (Å²) in [5, 5.41) is 10.0. The Kier molecular flexibility index (Phi) is 10.9. The quantitative estimate of drug-likeness (QED) is 0.273. The Bertz CT molecular complexity index is 682. The number of hydrogen-bond donors (Lipinski definition) is 1. The second kappa shape index (κ2) is 13.8. The van der Waals surface area contributed by atoms with Crippen LogP contribution in [0.2, 0.25) is 0 Å². The summed E-state index contributed by atoms with van der Waals surface area (Å²) >= 11 is 0. The number of unbranched alkanes of at least 4 members (excludes halogenated alkanes) is 9. The fourth-order valence-electron chi connectivity index (χ4n) is 3.16. The van der Waals surface area contributed by atoms with E-state index in [0.717, 1.165) is 24.5 Å².